The fourth-order valence-corrected chi connectivity index (χ4v) is 2.14. The standard InChI is InChI=1S/C20H18N4O2/c1-15-2-4-17(5-3-15)14-26-18-8-6-16(7-9-18)12-23-24-20(25)19-13-21-10-11-22-19/h2-13H,14H2,1H3,(H,24,25). The van der Waals surface area contributed by atoms with Gasteiger partial charge in [-0.1, -0.05) is 29.8 Å². The van der Waals surface area contributed by atoms with Gasteiger partial charge in [-0.3, -0.25) is 9.78 Å². The van der Waals surface area contributed by atoms with Gasteiger partial charge in [0.25, 0.3) is 5.91 Å². The Balaban J connectivity index is 1.51. The number of hydrogen-bond acceptors (Lipinski definition) is 5. The Kier molecular flexibility index (Phi) is 5.67. The smallest absolute Gasteiger partial charge is 0.291 e. The molecule has 1 aromatic heterocycles. The van der Waals surface area contributed by atoms with Crippen LogP contribution in [0.15, 0.2) is 72.2 Å². The van der Waals surface area contributed by atoms with Gasteiger partial charge in [0, 0.05) is 12.4 Å². The molecule has 0 aliphatic carbocycles. The number of nitrogens with zero attached hydrogens (tertiary/aromatic N) is 3. The summed E-state index contributed by atoms with van der Waals surface area (Å²) in [7, 11) is 0. The van der Waals surface area contributed by atoms with E-state index in [0.717, 1.165) is 16.9 Å². The minimum atomic E-state index is -0.410. The van der Waals surface area contributed by atoms with Gasteiger partial charge >= 0.3 is 0 Å². The van der Waals surface area contributed by atoms with Gasteiger partial charge in [0.05, 0.1) is 12.4 Å². The number of hydrazone groups is 1. The summed E-state index contributed by atoms with van der Waals surface area (Å²) in [4.78, 5) is 19.5. The summed E-state index contributed by atoms with van der Waals surface area (Å²) >= 11 is 0. The molecule has 130 valence electrons. The lowest BCUT2D eigenvalue weighted by Gasteiger charge is -2.06. The van der Waals surface area contributed by atoms with Crippen molar-refractivity contribution in [2.45, 2.75) is 13.5 Å². The molecule has 2 aromatic carbocycles. The number of carbonyl (C=O) groups excluding carboxylic acids is 1. The van der Waals surface area contributed by atoms with Gasteiger partial charge in [-0.25, -0.2) is 10.4 Å². The second-order valence-electron chi connectivity index (χ2n) is 5.63. The average molecular weight is 346 g/mol. The maximum Gasteiger partial charge on any atom is 0.291 e. The van der Waals surface area contributed by atoms with E-state index in [0.29, 0.717) is 6.61 Å². The molecule has 3 aromatic rings. The summed E-state index contributed by atoms with van der Waals surface area (Å²) in [6, 6.07) is 15.7. The predicted octanol–water partition coefficient (Wildman–Crippen LogP) is 3.13. The molecule has 0 fully saturated rings. The number of amides is 1. The first-order valence-electron chi connectivity index (χ1n) is 8.08. The maximum atomic E-state index is 11.8. The number of aromatic nitrogens is 2. The largest absolute Gasteiger partial charge is 0.489 e. The Morgan fingerprint density at radius 3 is 2.58 bits per heavy atom. The van der Waals surface area contributed by atoms with Gasteiger partial charge < -0.3 is 4.74 Å². The van der Waals surface area contributed by atoms with Gasteiger partial charge in [0.2, 0.25) is 0 Å². The van der Waals surface area contributed by atoms with Crippen LogP contribution in [0.5, 0.6) is 5.75 Å². The van der Waals surface area contributed by atoms with E-state index >= 15 is 0 Å². The quantitative estimate of drug-likeness (QED) is 0.549. The summed E-state index contributed by atoms with van der Waals surface area (Å²) in [5.74, 6) is 0.360. The SMILES string of the molecule is Cc1ccc(COc2ccc(C=NNC(=O)c3cnccn3)cc2)cc1. The molecule has 0 saturated heterocycles. The number of aryl methyl sites for hydroxylation is 1. The fourth-order valence-electron chi connectivity index (χ4n) is 2.14. The second-order valence-corrected chi connectivity index (χ2v) is 5.63. The summed E-state index contributed by atoms with van der Waals surface area (Å²) < 4.78 is 5.76. The fraction of sp³-hybridized carbons (Fsp3) is 0.100. The Morgan fingerprint density at radius 1 is 1.12 bits per heavy atom. The molecule has 0 bridgehead atoms. The minimum absolute atomic E-state index is 0.213. The van der Waals surface area contributed by atoms with Crippen molar-refractivity contribution < 1.29 is 9.53 Å². The van der Waals surface area contributed by atoms with Crippen molar-refractivity contribution in [2.24, 2.45) is 5.10 Å². The summed E-state index contributed by atoms with van der Waals surface area (Å²) in [6.07, 6.45) is 5.89. The lowest BCUT2D eigenvalue weighted by molar-refractivity contribution is 0.0949. The molecular formula is C20H18N4O2. The number of nitrogens with one attached hydrogen (secondary N) is 1. The van der Waals surface area contributed by atoms with E-state index in [4.69, 9.17) is 4.74 Å². The van der Waals surface area contributed by atoms with Crippen molar-refractivity contribution in [3.8, 4) is 5.75 Å². The number of ether oxygens (including phenoxy) is 1. The molecule has 0 aliphatic heterocycles. The van der Waals surface area contributed by atoms with Crippen LogP contribution in [-0.4, -0.2) is 22.1 Å². The highest BCUT2D eigenvalue weighted by Crippen LogP contribution is 2.14. The summed E-state index contributed by atoms with van der Waals surface area (Å²) in [5, 5.41) is 3.92. The summed E-state index contributed by atoms with van der Waals surface area (Å²) in [5.41, 5.74) is 5.81. The first-order chi connectivity index (χ1) is 12.7. The molecule has 1 heterocycles. The highest BCUT2D eigenvalue weighted by Gasteiger charge is 2.04. The lowest BCUT2D eigenvalue weighted by Crippen LogP contribution is -2.19. The highest BCUT2D eigenvalue weighted by atomic mass is 16.5. The maximum absolute atomic E-state index is 11.8. The first-order valence-corrected chi connectivity index (χ1v) is 8.08. The molecule has 0 aliphatic rings. The van der Waals surface area contributed by atoms with Crippen molar-refractivity contribution in [2.75, 3.05) is 0 Å². The van der Waals surface area contributed by atoms with Crippen molar-refractivity contribution in [3.05, 3.63) is 89.5 Å². The molecule has 3 rings (SSSR count). The molecule has 0 saturated carbocycles. The molecule has 0 radical (unpaired) electrons. The van der Waals surface area contributed by atoms with Crippen LogP contribution in [0, 0.1) is 6.92 Å². The van der Waals surface area contributed by atoms with Gasteiger partial charge in [-0.2, -0.15) is 5.10 Å². The van der Waals surface area contributed by atoms with Crippen LogP contribution < -0.4 is 10.2 Å². The lowest BCUT2D eigenvalue weighted by atomic mass is 10.2. The third-order valence-electron chi connectivity index (χ3n) is 3.58. The molecule has 26 heavy (non-hydrogen) atoms. The van der Waals surface area contributed by atoms with Crippen molar-refractivity contribution in [3.63, 3.8) is 0 Å². The molecule has 6 nitrogen and oxygen atoms in total. The highest BCUT2D eigenvalue weighted by molar-refractivity contribution is 5.92. The van der Waals surface area contributed by atoms with E-state index in [-0.39, 0.29) is 5.69 Å². The Labute approximate surface area is 151 Å². The topological polar surface area (TPSA) is 76.5 Å². The molecule has 0 unspecified atom stereocenters. The van der Waals surface area contributed by atoms with Crippen LogP contribution in [0.2, 0.25) is 0 Å². The number of rotatable bonds is 6. The van der Waals surface area contributed by atoms with Crippen LogP contribution in [-0.2, 0) is 6.61 Å². The molecular weight excluding hydrogens is 328 g/mol. The van der Waals surface area contributed by atoms with Crippen molar-refractivity contribution >= 4 is 12.1 Å². The minimum Gasteiger partial charge on any atom is -0.489 e. The van der Waals surface area contributed by atoms with Crippen LogP contribution in [0.3, 0.4) is 0 Å². The average Bonchev–Trinajstić information content (AvgIpc) is 2.69. The molecule has 1 amide bonds. The van der Waals surface area contributed by atoms with E-state index in [1.165, 1.54) is 24.2 Å². The van der Waals surface area contributed by atoms with Crippen molar-refractivity contribution in [1.29, 1.82) is 0 Å². The van der Waals surface area contributed by atoms with Crippen LogP contribution in [0.4, 0.5) is 0 Å². The van der Waals surface area contributed by atoms with Crippen molar-refractivity contribution in [1.82, 2.24) is 15.4 Å². The van der Waals surface area contributed by atoms with Gasteiger partial charge in [0.15, 0.2) is 0 Å². The van der Waals surface area contributed by atoms with Gasteiger partial charge in [-0.15, -0.1) is 0 Å². The van der Waals surface area contributed by atoms with E-state index in [1.54, 1.807) is 6.21 Å². The van der Waals surface area contributed by atoms with Gasteiger partial charge in [-0.05, 0) is 42.3 Å². The van der Waals surface area contributed by atoms with Crippen LogP contribution >= 0.6 is 0 Å². The van der Waals surface area contributed by atoms with Crippen LogP contribution in [0.1, 0.15) is 27.2 Å². The normalized spacial score (nSPS) is 10.7. The second kappa shape index (κ2) is 8.53. The molecule has 1 N–H and O–H groups in total. The zero-order chi connectivity index (χ0) is 18.2. The Bertz CT molecular complexity index is 876. The molecule has 0 atom stereocenters. The zero-order valence-electron chi connectivity index (χ0n) is 14.3. The van der Waals surface area contributed by atoms with E-state index in [9.17, 15) is 4.79 Å². The van der Waals surface area contributed by atoms with E-state index < -0.39 is 5.91 Å². The summed E-state index contributed by atoms with van der Waals surface area (Å²) in [6.45, 7) is 2.57. The Morgan fingerprint density at radius 2 is 1.88 bits per heavy atom. The molecule has 0 spiro atoms. The predicted molar refractivity (Wildman–Crippen MR) is 99.0 cm³/mol. The first kappa shape index (κ1) is 17.3. The monoisotopic (exact) mass is 346 g/mol. The van der Waals surface area contributed by atoms with Crippen LogP contribution in [0.25, 0.3) is 0 Å². The number of hydrogen-bond donors (Lipinski definition) is 1. The van der Waals surface area contributed by atoms with Gasteiger partial charge in [0.1, 0.15) is 18.1 Å². The zero-order valence-corrected chi connectivity index (χ0v) is 14.3. The van der Waals surface area contributed by atoms with E-state index in [1.807, 2.05) is 24.3 Å². The Hall–Kier alpha value is -3.54. The third kappa shape index (κ3) is 4.98. The third-order valence-corrected chi connectivity index (χ3v) is 3.58. The van der Waals surface area contributed by atoms with E-state index in [2.05, 4.69) is 51.7 Å². The molecule has 6 heteroatoms. The number of benzene rings is 2. The number of carbonyl (C=O) groups is 1.